The molecule has 0 aliphatic carbocycles. The van der Waals surface area contributed by atoms with Gasteiger partial charge in [-0.25, -0.2) is 9.67 Å². The zero-order valence-electron chi connectivity index (χ0n) is 18.5. The first-order chi connectivity index (χ1) is 16.7. The number of pyridine rings is 1. The summed E-state index contributed by atoms with van der Waals surface area (Å²) in [7, 11) is 0. The average Bonchev–Trinajstić information content (AvgIpc) is 3.21. The number of hydrogen-bond acceptors (Lipinski definition) is 4. The summed E-state index contributed by atoms with van der Waals surface area (Å²) in [6.45, 7) is 2.31. The van der Waals surface area contributed by atoms with E-state index in [1.54, 1.807) is 0 Å². The lowest BCUT2D eigenvalue weighted by molar-refractivity contribution is 0.327. The van der Waals surface area contributed by atoms with Crippen molar-refractivity contribution in [2.75, 3.05) is 6.61 Å². The summed E-state index contributed by atoms with van der Waals surface area (Å²) in [6.07, 6.45) is 0. The lowest BCUT2D eigenvalue weighted by Crippen LogP contribution is -2.38. The van der Waals surface area contributed by atoms with Gasteiger partial charge in [-0.05, 0) is 52.3 Å². The molecule has 34 heavy (non-hydrogen) atoms. The lowest BCUT2D eigenvalue weighted by atomic mass is 9.77. The van der Waals surface area contributed by atoms with Gasteiger partial charge in [-0.3, -0.25) is 0 Å². The van der Waals surface area contributed by atoms with Crippen molar-refractivity contribution >= 4 is 33.6 Å². The van der Waals surface area contributed by atoms with Gasteiger partial charge in [0.25, 0.3) is 0 Å². The molecule has 0 aliphatic rings. The number of hydrogen-bond donors (Lipinski definition) is 0. The van der Waals surface area contributed by atoms with Gasteiger partial charge in [-0.1, -0.05) is 91.0 Å². The summed E-state index contributed by atoms with van der Waals surface area (Å²) >= 11 is 2.21. The van der Waals surface area contributed by atoms with E-state index in [4.69, 9.17) is 14.8 Å². The van der Waals surface area contributed by atoms with Crippen LogP contribution in [0.2, 0.25) is 0 Å². The first-order valence-electron chi connectivity index (χ1n) is 11.0. The standard InChI is InChI=1S/C28H21IN4O/c1-2-34-27-20(19-30)18-24-25(31-27)26(29)32-33(24)28(21-12-6-3-7-13-21,22-14-8-4-9-15-22)23-16-10-5-11-17-23/h3-18H,2H2,1H3. The first kappa shape index (κ1) is 22.1. The summed E-state index contributed by atoms with van der Waals surface area (Å²) < 4.78 is 8.41. The van der Waals surface area contributed by atoms with E-state index in [1.165, 1.54) is 0 Å². The Morgan fingerprint density at radius 3 is 1.82 bits per heavy atom. The zero-order valence-corrected chi connectivity index (χ0v) is 20.7. The molecule has 0 atom stereocenters. The van der Waals surface area contributed by atoms with E-state index in [0.717, 1.165) is 25.9 Å². The molecule has 2 heterocycles. The van der Waals surface area contributed by atoms with E-state index >= 15 is 0 Å². The smallest absolute Gasteiger partial charge is 0.232 e. The molecule has 5 nitrogen and oxygen atoms in total. The van der Waals surface area contributed by atoms with E-state index in [1.807, 2.05) is 72.3 Å². The summed E-state index contributed by atoms with van der Waals surface area (Å²) in [5.74, 6) is 0.333. The predicted molar refractivity (Wildman–Crippen MR) is 141 cm³/mol. The summed E-state index contributed by atoms with van der Waals surface area (Å²) in [5, 5.41) is 14.9. The number of aromatic nitrogens is 3. The number of benzene rings is 3. The van der Waals surface area contributed by atoms with Crippen molar-refractivity contribution in [1.29, 1.82) is 5.26 Å². The summed E-state index contributed by atoms with van der Waals surface area (Å²) in [5.41, 5.74) is 4.24. The van der Waals surface area contributed by atoms with Gasteiger partial charge in [-0.15, -0.1) is 0 Å². The van der Waals surface area contributed by atoms with Crippen LogP contribution in [0.4, 0.5) is 0 Å². The van der Waals surface area contributed by atoms with E-state index in [-0.39, 0.29) is 0 Å². The largest absolute Gasteiger partial charge is 0.477 e. The fourth-order valence-electron chi connectivity index (χ4n) is 4.48. The molecular formula is C28H21IN4O. The van der Waals surface area contributed by atoms with Crippen LogP contribution in [0.25, 0.3) is 11.0 Å². The molecule has 0 spiro atoms. The maximum absolute atomic E-state index is 9.85. The van der Waals surface area contributed by atoms with E-state index in [9.17, 15) is 5.26 Å². The third kappa shape index (κ3) is 3.53. The molecule has 3 aromatic carbocycles. The fourth-order valence-corrected chi connectivity index (χ4v) is 5.09. The normalized spacial score (nSPS) is 11.3. The molecule has 0 radical (unpaired) electrons. The maximum atomic E-state index is 9.85. The molecule has 0 fully saturated rings. The average molecular weight is 556 g/mol. The van der Waals surface area contributed by atoms with Gasteiger partial charge in [0, 0.05) is 0 Å². The third-order valence-electron chi connectivity index (χ3n) is 5.87. The van der Waals surface area contributed by atoms with Crippen molar-refractivity contribution in [3.05, 3.63) is 123 Å². The number of halogens is 1. The molecule has 5 aromatic rings. The van der Waals surface area contributed by atoms with Crippen molar-refractivity contribution in [1.82, 2.24) is 14.8 Å². The molecule has 0 amide bonds. The minimum atomic E-state index is -0.785. The number of rotatable bonds is 6. The van der Waals surface area contributed by atoms with Crippen LogP contribution >= 0.6 is 22.6 Å². The Labute approximate surface area is 211 Å². The second-order valence-corrected chi connectivity index (χ2v) is 8.79. The Kier molecular flexibility index (Phi) is 6.03. The van der Waals surface area contributed by atoms with Crippen molar-refractivity contribution < 1.29 is 4.74 Å². The summed E-state index contributed by atoms with van der Waals surface area (Å²) in [6, 6.07) is 35.1. The number of ether oxygens (including phenoxy) is 1. The van der Waals surface area contributed by atoms with Crippen molar-refractivity contribution in [2.24, 2.45) is 0 Å². The molecular weight excluding hydrogens is 535 g/mol. The SMILES string of the molecule is CCOc1nc2c(I)nn(C(c3ccccc3)(c3ccccc3)c3ccccc3)c2cc1C#N. The molecule has 166 valence electrons. The van der Waals surface area contributed by atoms with Gasteiger partial charge < -0.3 is 4.74 Å². The van der Waals surface area contributed by atoms with Crippen LogP contribution < -0.4 is 4.74 Å². The van der Waals surface area contributed by atoms with Crippen LogP contribution in [0, 0.1) is 15.0 Å². The van der Waals surface area contributed by atoms with Crippen LogP contribution in [-0.4, -0.2) is 21.4 Å². The van der Waals surface area contributed by atoms with E-state index < -0.39 is 5.54 Å². The fraction of sp³-hybridized carbons (Fsp3) is 0.107. The van der Waals surface area contributed by atoms with Crippen LogP contribution in [-0.2, 0) is 5.54 Å². The Morgan fingerprint density at radius 2 is 1.38 bits per heavy atom. The number of nitrogens with zero attached hydrogens (tertiary/aromatic N) is 4. The van der Waals surface area contributed by atoms with E-state index in [2.05, 4.69) is 65.1 Å². The van der Waals surface area contributed by atoms with Crippen LogP contribution in [0.15, 0.2) is 97.1 Å². The highest BCUT2D eigenvalue weighted by molar-refractivity contribution is 14.1. The highest BCUT2D eigenvalue weighted by atomic mass is 127. The topological polar surface area (TPSA) is 63.7 Å². The van der Waals surface area contributed by atoms with E-state index in [0.29, 0.717) is 23.6 Å². The zero-order chi connectivity index (χ0) is 23.5. The highest BCUT2D eigenvalue weighted by Gasteiger charge is 2.41. The van der Waals surface area contributed by atoms with Crippen LogP contribution in [0.1, 0.15) is 29.2 Å². The van der Waals surface area contributed by atoms with Gasteiger partial charge in [0.1, 0.15) is 26.4 Å². The quantitative estimate of drug-likeness (QED) is 0.186. The molecule has 0 saturated carbocycles. The van der Waals surface area contributed by atoms with Crippen molar-refractivity contribution in [3.8, 4) is 11.9 Å². The predicted octanol–water partition coefficient (Wildman–Crippen LogP) is 6.15. The van der Waals surface area contributed by atoms with Crippen LogP contribution in [0.5, 0.6) is 5.88 Å². The van der Waals surface area contributed by atoms with Gasteiger partial charge in [0.05, 0.1) is 12.1 Å². The second kappa shape index (κ2) is 9.27. The van der Waals surface area contributed by atoms with Crippen molar-refractivity contribution in [2.45, 2.75) is 12.5 Å². The third-order valence-corrected chi connectivity index (χ3v) is 6.60. The van der Waals surface area contributed by atoms with Crippen molar-refractivity contribution in [3.63, 3.8) is 0 Å². The number of fused-ring (bicyclic) bond motifs is 1. The van der Waals surface area contributed by atoms with Gasteiger partial charge in [0.2, 0.25) is 5.88 Å². The molecule has 0 aliphatic heterocycles. The number of nitriles is 1. The van der Waals surface area contributed by atoms with Gasteiger partial charge in [-0.2, -0.15) is 10.4 Å². The summed E-state index contributed by atoms with van der Waals surface area (Å²) in [4.78, 5) is 4.71. The van der Waals surface area contributed by atoms with Gasteiger partial charge >= 0.3 is 0 Å². The highest BCUT2D eigenvalue weighted by Crippen LogP contribution is 2.43. The Bertz CT molecular complexity index is 1380. The maximum Gasteiger partial charge on any atom is 0.232 e. The molecule has 6 heteroatoms. The molecule has 0 saturated heterocycles. The molecule has 0 bridgehead atoms. The molecule has 5 rings (SSSR count). The Hall–Kier alpha value is -3.70. The Morgan fingerprint density at radius 1 is 0.882 bits per heavy atom. The monoisotopic (exact) mass is 556 g/mol. The first-order valence-corrected chi connectivity index (χ1v) is 12.1. The minimum absolute atomic E-state index is 0.333. The lowest BCUT2D eigenvalue weighted by Gasteiger charge is -2.36. The van der Waals surface area contributed by atoms with Crippen LogP contribution in [0.3, 0.4) is 0 Å². The minimum Gasteiger partial charge on any atom is -0.477 e. The Balaban J connectivity index is 1.96. The molecule has 2 aromatic heterocycles. The molecule has 0 N–H and O–H groups in total. The van der Waals surface area contributed by atoms with Gasteiger partial charge in [0.15, 0.2) is 0 Å². The molecule has 0 unspecified atom stereocenters. The second-order valence-electron chi connectivity index (χ2n) is 7.76.